The Morgan fingerprint density at radius 2 is 2.21 bits per heavy atom. The molecule has 0 spiro atoms. The molecule has 0 aromatic carbocycles. The molecular formula is C15H18N2OS. The molecule has 3 nitrogen and oxygen atoms in total. The van der Waals surface area contributed by atoms with E-state index >= 15 is 0 Å². The lowest BCUT2D eigenvalue weighted by Crippen LogP contribution is -2.20. The lowest BCUT2D eigenvalue weighted by atomic mass is 10.2. The molecule has 0 unspecified atom stereocenters. The number of hydrogen-bond donors (Lipinski definition) is 0. The third-order valence-corrected chi connectivity index (χ3v) is 4.01. The summed E-state index contributed by atoms with van der Waals surface area (Å²) >= 11 is 1.78. The summed E-state index contributed by atoms with van der Waals surface area (Å²) in [6, 6.07) is 8.00. The van der Waals surface area contributed by atoms with E-state index in [0.29, 0.717) is 12.1 Å². The topological polar surface area (TPSA) is 33.2 Å². The van der Waals surface area contributed by atoms with E-state index in [1.807, 2.05) is 26.1 Å². The average molecular weight is 274 g/mol. The van der Waals surface area contributed by atoms with Crippen molar-refractivity contribution in [2.75, 3.05) is 18.5 Å². The fraction of sp³-hybridized carbons (Fsp3) is 0.333. The van der Waals surface area contributed by atoms with Crippen molar-refractivity contribution in [1.82, 2.24) is 4.98 Å². The van der Waals surface area contributed by atoms with E-state index in [-0.39, 0.29) is 5.78 Å². The van der Waals surface area contributed by atoms with Crippen LogP contribution in [0.4, 0.5) is 5.69 Å². The molecule has 0 aliphatic heterocycles. The number of ketones is 1. The number of pyridine rings is 1. The van der Waals surface area contributed by atoms with E-state index in [1.165, 1.54) is 4.88 Å². The molecule has 0 saturated carbocycles. The van der Waals surface area contributed by atoms with E-state index in [9.17, 15) is 4.79 Å². The van der Waals surface area contributed by atoms with Crippen molar-refractivity contribution in [3.63, 3.8) is 0 Å². The normalized spacial score (nSPS) is 10.4. The second-order valence-corrected chi connectivity index (χ2v) is 5.46. The Labute approximate surface area is 117 Å². The highest BCUT2D eigenvalue weighted by Gasteiger charge is 2.06. The van der Waals surface area contributed by atoms with Gasteiger partial charge in [-0.2, -0.15) is 0 Å². The van der Waals surface area contributed by atoms with Crippen LogP contribution in [-0.4, -0.2) is 24.4 Å². The van der Waals surface area contributed by atoms with Crippen molar-refractivity contribution in [1.29, 1.82) is 0 Å². The highest BCUT2D eigenvalue weighted by molar-refractivity contribution is 7.09. The SMILES string of the molecule is CCC(=O)c1ccc(N(C)CCc2cccs2)cn1. The summed E-state index contributed by atoms with van der Waals surface area (Å²) in [6.45, 7) is 2.80. The van der Waals surface area contributed by atoms with Crippen molar-refractivity contribution in [2.45, 2.75) is 19.8 Å². The van der Waals surface area contributed by atoms with Gasteiger partial charge < -0.3 is 4.90 Å². The van der Waals surface area contributed by atoms with Crippen LogP contribution in [0.2, 0.25) is 0 Å². The Balaban J connectivity index is 1.95. The largest absolute Gasteiger partial charge is 0.373 e. The summed E-state index contributed by atoms with van der Waals surface area (Å²) in [7, 11) is 2.05. The third-order valence-electron chi connectivity index (χ3n) is 3.07. The van der Waals surface area contributed by atoms with Gasteiger partial charge in [-0.15, -0.1) is 11.3 Å². The number of carbonyl (C=O) groups is 1. The maximum atomic E-state index is 11.5. The first-order chi connectivity index (χ1) is 9.20. The zero-order valence-electron chi connectivity index (χ0n) is 11.3. The minimum Gasteiger partial charge on any atom is -0.373 e. The maximum absolute atomic E-state index is 11.5. The minimum atomic E-state index is 0.0905. The van der Waals surface area contributed by atoms with Crippen molar-refractivity contribution >= 4 is 22.8 Å². The van der Waals surface area contributed by atoms with Gasteiger partial charge in [-0.3, -0.25) is 9.78 Å². The van der Waals surface area contributed by atoms with Gasteiger partial charge in [-0.05, 0) is 30.0 Å². The van der Waals surface area contributed by atoms with Crippen LogP contribution in [0.5, 0.6) is 0 Å². The Hall–Kier alpha value is -1.68. The Bertz CT molecular complexity index is 520. The second-order valence-electron chi connectivity index (χ2n) is 4.43. The van der Waals surface area contributed by atoms with E-state index < -0.39 is 0 Å². The first-order valence-electron chi connectivity index (χ1n) is 6.43. The maximum Gasteiger partial charge on any atom is 0.180 e. The van der Waals surface area contributed by atoms with E-state index in [2.05, 4.69) is 27.4 Å². The highest BCUT2D eigenvalue weighted by atomic mass is 32.1. The number of anilines is 1. The quantitative estimate of drug-likeness (QED) is 0.757. The Kier molecular flexibility index (Phi) is 4.68. The van der Waals surface area contributed by atoms with Gasteiger partial charge >= 0.3 is 0 Å². The average Bonchev–Trinajstić information content (AvgIpc) is 2.97. The van der Waals surface area contributed by atoms with Crippen molar-refractivity contribution in [3.05, 3.63) is 46.4 Å². The third kappa shape index (κ3) is 3.64. The standard InChI is InChI=1S/C15H18N2OS/c1-3-15(18)14-7-6-12(11-16-14)17(2)9-8-13-5-4-10-19-13/h4-7,10-11H,3,8-9H2,1-2H3. The molecule has 0 bridgehead atoms. The molecule has 0 radical (unpaired) electrons. The van der Waals surface area contributed by atoms with Gasteiger partial charge in [0.05, 0.1) is 11.9 Å². The highest BCUT2D eigenvalue weighted by Crippen LogP contribution is 2.15. The van der Waals surface area contributed by atoms with Crippen molar-refractivity contribution < 1.29 is 4.79 Å². The molecule has 2 aromatic heterocycles. The number of rotatable bonds is 6. The predicted molar refractivity (Wildman–Crippen MR) is 80.2 cm³/mol. The van der Waals surface area contributed by atoms with Gasteiger partial charge in [0, 0.05) is 24.9 Å². The van der Waals surface area contributed by atoms with Gasteiger partial charge in [0.1, 0.15) is 5.69 Å². The number of Topliss-reactive ketones (excluding diaryl/α,β-unsaturated/α-hetero) is 1. The lowest BCUT2D eigenvalue weighted by Gasteiger charge is -2.18. The van der Waals surface area contributed by atoms with E-state index in [4.69, 9.17) is 0 Å². The lowest BCUT2D eigenvalue weighted by molar-refractivity contribution is 0.0983. The molecule has 0 aliphatic carbocycles. The number of likely N-dealkylation sites (N-methyl/N-ethyl adjacent to an activating group) is 1. The first-order valence-corrected chi connectivity index (χ1v) is 7.31. The van der Waals surface area contributed by atoms with Crippen LogP contribution in [0.3, 0.4) is 0 Å². The van der Waals surface area contributed by atoms with Gasteiger partial charge in [0.25, 0.3) is 0 Å². The molecule has 100 valence electrons. The van der Waals surface area contributed by atoms with Crippen molar-refractivity contribution in [3.8, 4) is 0 Å². The molecule has 0 atom stereocenters. The summed E-state index contributed by atoms with van der Waals surface area (Å²) in [5.41, 5.74) is 1.60. The fourth-order valence-electron chi connectivity index (χ4n) is 1.82. The summed E-state index contributed by atoms with van der Waals surface area (Å²) in [6.07, 6.45) is 3.31. The smallest absolute Gasteiger partial charge is 0.180 e. The van der Waals surface area contributed by atoms with Crippen LogP contribution in [-0.2, 0) is 6.42 Å². The number of hydrogen-bond acceptors (Lipinski definition) is 4. The molecule has 0 saturated heterocycles. The second kappa shape index (κ2) is 6.48. The van der Waals surface area contributed by atoms with Crippen LogP contribution >= 0.6 is 11.3 Å². The van der Waals surface area contributed by atoms with Crippen LogP contribution in [0.1, 0.15) is 28.7 Å². The minimum absolute atomic E-state index is 0.0905. The fourth-order valence-corrected chi connectivity index (χ4v) is 2.52. The van der Waals surface area contributed by atoms with Crippen molar-refractivity contribution in [2.24, 2.45) is 0 Å². The molecule has 0 fully saturated rings. The van der Waals surface area contributed by atoms with Crippen LogP contribution in [0, 0.1) is 0 Å². The van der Waals surface area contributed by atoms with Crippen LogP contribution in [0.25, 0.3) is 0 Å². The zero-order valence-corrected chi connectivity index (χ0v) is 12.1. The van der Waals surface area contributed by atoms with Gasteiger partial charge in [0.2, 0.25) is 0 Å². The Morgan fingerprint density at radius 1 is 1.37 bits per heavy atom. The summed E-state index contributed by atoms with van der Waals surface area (Å²) < 4.78 is 0. The monoisotopic (exact) mass is 274 g/mol. The number of thiophene rings is 1. The molecule has 0 amide bonds. The Morgan fingerprint density at radius 3 is 2.79 bits per heavy atom. The van der Waals surface area contributed by atoms with Crippen LogP contribution in [0.15, 0.2) is 35.8 Å². The zero-order chi connectivity index (χ0) is 13.7. The molecule has 19 heavy (non-hydrogen) atoms. The number of nitrogens with zero attached hydrogens (tertiary/aromatic N) is 2. The van der Waals surface area contributed by atoms with Gasteiger partial charge in [0.15, 0.2) is 5.78 Å². The van der Waals surface area contributed by atoms with Gasteiger partial charge in [-0.1, -0.05) is 13.0 Å². The van der Waals surface area contributed by atoms with E-state index in [1.54, 1.807) is 17.5 Å². The summed E-state index contributed by atoms with van der Waals surface area (Å²) in [4.78, 5) is 19.3. The summed E-state index contributed by atoms with van der Waals surface area (Å²) in [5, 5.41) is 2.10. The molecule has 2 aromatic rings. The molecule has 0 N–H and O–H groups in total. The molecule has 4 heteroatoms. The summed E-state index contributed by atoms with van der Waals surface area (Å²) in [5.74, 6) is 0.0905. The van der Waals surface area contributed by atoms with Crippen LogP contribution < -0.4 is 4.90 Å². The number of carbonyl (C=O) groups excluding carboxylic acids is 1. The molecule has 2 rings (SSSR count). The molecular weight excluding hydrogens is 256 g/mol. The molecule has 0 aliphatic rings. The molecule has 2 heterocycles. The number of aromatic nitrogens is 1. The van der Waals surface area contributed by atoms with E-state index in [0.717, 1.165) is 18.7 Å². The first kappa shape index (κ1) is 13.7. The van der Waals surface area contributed by atoms with Gasteiger partial charge in [-0.25, -0.2) is 0 Å². The predicted octanol–water partition coefficient (Wildman–Crippen LogP) is 3.41.